The summed E-state index contributed by atoms with van der Waals surface area (Å²) in [5.41, 5.74) is 1.14. The second-order valence-corrected chi connectivity index (χ2v) is 5.79. The minimum absolute atomic E-state index is 0.284. The van der Waals surface area contributed by atoms with Crippen molar-refractivity contribution in [3.63, 3.8) is 0 Å². The molecule has 114 valence electrons. The largest absolute Gasteiger partial charge is 0.330 e. The van der Waals surface area contributed by atoms with E-state index < -0.39 is 5.56 Å². The van der Waals surface area contributed by atoms with Crippen LogP contribution < -0.4 is 11.2 Å². The van der Waals surface area contributed by atoms with Crippen molar-refractivity contribution >= 4 is 11.2 Å². The molecule has 0 saturated carbocycles. The molecule has 0 aliphatic carbocycles. The van der Waals surface area contributed by atoms with Crippen molar-refractivity contribution in [3.8, 4) is 0 Å². The summed E-state index contributed by atoms with van der Waals surface area (Å²) in [7, 11) is 0. The van der Waals surface area contributed by atoms with Crippen LogP contribution in [-0.4, -0.2) is 19.1 Å². The molecule has 6 heteroatoms. The van der Waals surface area contributed by atoms with Crippen molar-refractivity contribution in [2.75, 3.05) is 0 Å². The summed E-state index contributed by atoms with van der Waals surface area (Å²) < 4.78 is 3.45. The highest BCUT2D eigenvalue weighted by Gasteiger charge is 2.14. The Kier molecular flexibility index (Phi) is 3.66. The number of hydrogen-bond donors (Lipinski definition) is 1. The van der Waals surface area contributed by atoms with Gasteiger partial charge in [-0.25, -0.2) is 9.78 Å². The number of aromatic nitrogens is 4. The average molecular weight is 298 g/mol. The van der Waals surface area contributed by atoms with Gasteiger partial charge in [-0.15, -0.1) is 0 Å². The maximum atomic E-state index is 12.2. The number of rotatable bonds is 4. The number of aromatic amines is 1. The van der Waals surface area contributed by atoms with E-state index in [0.717, 1.165) is 5.56 Å². The van der Waals surface area contributed by atoms with Gasteiger partial charge in [-0.05, 0) is 11.5 Å². The monoisotopic (exact) mass is 298 g/mol. The van der Waals surface area contributed by atoms with E-state index in [0.29, 0.717) is 24.3 Å². The molecule has 22 heavy (non-hydrogen) atoms. The SMILES string of the molecule is CC(C)Cn1c(=O)[nH]c(=O)c2ncn(Cc3ccccc3)c21. The Labute approximate surface area is 127 Å². The zero-order chi connectivity index (χ0) is 15.7. The van der Waals surface area contributed by atoms with E-state index in [2.05, 4.69) is 9.97 Å². The van der Waals surface area contributed by atoms with Gasteiger partial charge in [0, 0.05) is 6.54 Å². The number of benzene rings is 1. The third-order valence-corrected chi connectivity index (χ3v) is 3.49. The fourth-order valence-electron chi connectivity index (χ4n) is 2.57. The summed E-state index contributed by atoms with van der Waals surface area (Å²) >= 11 is 0. The van der Waals surface area contributed by atoms with Gasteiger partial charge in [0.2, 0.25) is 0 Å². The number of imidazole rings is 1. The summed E-state index contributed by atoms with van der Waals surface area (Å²) in [5, 5.41) is 0. The fraction of sp³-hybridized carbons (Fsp3) is 0.312. The molecule has 1 aromatic carbocycles. The molecule has 0 amide bonds. The molecule has 2 aromatic heterocycles. The molecule has 3 aromatic rings. The first-order chi connectivity index (χ1) is 10.6. The Bertz CT molecular complexity index is 903. The number of nitrogens with zero attached hydrogens (tertiary/aromatic N) is 3. The van der Waals surface area contributed by atoms with Gasteiger partial charge < -0.3 is 4.57 Å². The lowest BCUT2D eigenvalue weighted by atomic mass is 10.2. The lowest BCUT2D eigenvalue weighted by Gasteiger charge is -2.12. The minimum Gasteiger partial charge on any atom is -0.312 e. The van der Waals surface area contributed by atoms with Crippen LogP contribution >= 0.6 is 0 Å². The molecule has 2 heterocycles. The lowest BCUT2D eigenvalue weighted by molar-refractivity contribution is 0.508. The Morgan fingerprint density at radius 2 is 1.91 bits per heavy atom. The fourth-order valence-corrected chi connectivity index (χ4v) is 2.57. The molecule has 0 atom stereocenters. The predicted octanol–water partition coefficient (Wildman–Crippen LogP) is 1.59. The highest BCUT2D eigenvalue weighted by atomic mass is 16.2. The highest BCUT2D eigenvalue weighted by Crippen LogP contribution is 2.11. The first kappa shape index (κ1) is 14.3. The van der Waals surface area contributed by atoms with Crippen LogP contribution in [0.4, 0.5) is 0 Å². The van der Waals surface area contributed by atoms with Crippen LogP contribution in [0.25, 0.3) is 11.2 Å². The molecule has 0 bridgehead atoms. The quantitative estimate of drug-likeness (QED) is 0.795. The van der Waals surface area contributed by atoms with Gasteiger partial charge in [0.05, 0.1) is 12.9 Å². The molecule has 0 unspecified atom stereocenters. The van der Waals surface area contributed by atoms with Crippen LogP contribution in [0.1, 0.15) is 19.4 Å². The van der Waals surface area contributed by atoms with Gasteiger partial charge in [-0.1, -0.05) is 44.2 Å². The lowest BCUT2D eigenvalue weighted by Crippen LogP contribution is -2.32. The van der Waals surface area contributed by atoms with Crippen molar-refractivity contribution in [2.24, 2.45) is 5.92 Å². The van der Waals surface area contributed by atoms with E-state index in [1.165, 1.54) is 0 Å². The second-order valence-electron chi connectivity index (χ2n) is 5.79. The maximum absolute atomic E-state index is 12.2. The van der Waals surface area contributed by atoms with Gasteiger partial charge >= 0.3 is 5.69 Å². The molecular formula is C16H18N4O2. The van der Waals surface area contributed by atoms with Crippen LogP contribution in [0.2, 0.25) is 0 Å². The van der Waals surface area contributed by atoms with Gasteiger partial charge in [0.15, 0.2) is 5.52 Å². The van der Waals surface area contributed by atoms with E-state index in [1.54, 1.807) is 10.9 Å². The van der Waals surface area contributed by atoms with Crippen LogP contribution in [0.15, 0.2) is 46.2 Å². The zero-order valence-electron chi connectivity index (χ0n) is 12.6. The summed E-state index contributed by atoms with van der Waals surface area (Å²) in [6, 6.07) is 9.88. The second kappa shape index (κ2) is 5.63. The average Bonchev–Trinajstić information content (AvgIpc) is 2.88. The molecule has 0 radical (unpaired) electrons. The van der Waals surface area contributed by atoms with Crippen LogP contribution in [0.3, 0.4) is 0 Å². The summed E-state index contributed by atoms with van der Waals surface area (Å²) in [6.45, 7) is 5.16. The molecule has 1 N–H and O–H groups in total. The molecule has 0 aliphatic rings. The van der Waals surface area contributed by atoms with Crippen LogP contribution in [0, 0.1) is 5.92 Å². The van der Waals surface area contributed by atoms with Gasteiger partial charge in [0.1, 0.15) is 5.65 Å². The molecule has 0 aliphatic heterocycles. The van der Waals surface area contributed by atoms with Crippen LogP contribution in [0.5, 0.6) is 0 Å². The van der Waals surface area contributed by atoms with E-state index in [9.17, 15) is 9.59 Å². The van der Waals surface area contributed by atoms with Crippen molar-refractivity contribution in [1.82, 2.24) is 19.1 Å². The van der Waals surface area contributed by atoms with Crippen molar-refractivity contribution < 1.29 is 0 Å². The molecule has 0 spiro atoms. The first-order valence-corrected chi connectivity index (χ1v) is 7.28. The van der Waals surface area contributed by atoms with E-state index >= 15 is 0 Å². The summed E-state index contributed by atoms with van der Waals surface area (Å²) in [5.74, 6) is 0.284. The summed E-state index contributed by atoms with van der Waals surface area (Å²) in [6.07, 6.45) is 1.61. The summed E-state index contributed by atoms with van der Waals surface area (Å²) in [4.78, 5) is 30.6. The van der Waals surface area contributed by atoms with E-state index in [4.69, 9.17) is 0 Å². The molecule has 0 saturated heterocycles. The highest BCUT2D eigenvalue weighted by molar-refractivity contribution is 5.69. The smallest absolute Gasteiger partial charge is 0.312 e. The zero-order valence-corrected chi connectivity index (χ0v) is 12.6. The Morgan fingerprint density at radius 3 is 2.59 bits per heavy atom. The standard InChI is InChI=1S/C16H18N4O2/c1-11(2)8-20-15-13(14(21)18-16(20)22)17-10-19(15)9-12-6-4-3-5-7-12/h3-7,10-11H,8-9H2,1-2H3,(H,18,21,22). The van der Waals surface area contributed by atoms with Crippen LogP contribution in [-0.2, 0) is 13.1 Å². The maximum Gasteiger partial charge on any atom is 0.330 e. The van der Waals surface area contributed by atoms with Crippen molar-refractivity contribution in [3.05, 3.63) is 63.1 Å². The minimum atomic E-state index is -0.438. The Balaban J connectivity index is 2.19. The molecule has 6 nitrogen and oxygen atoms in total. The van der Waals surface area contributed by atoms with Gasteiger partial charge in [-0.3, -0.25) is 14.3 Å². The normalized spacial score (nSPS) is 11.4. The predicted molar refractivity (Wildman–Crippen MR) is 85.0 cm³/mol. The van der Waals surface area contributed by atoms with Gasteiger partial charge in [0.25, 0.3) is 5.56 Å². The Morgan fingerprint density at radius 1 is 1.18 bits per heavy atom. The van der Waals surface area contributed by atoms with E-state index in [1.807, 2.05) is 48.7 Å². The number of H-pyrrole nitrogens is 1. The molecule has 0 fully saturated rings. The third-order valence-electron chi connectivity index (χ3n) is 3.49. The number of hydrogen-bond acceptors (Lipinski definition) is 3. The molecule has 3 rings (SSSR count). The van der Waals surface area contributed by atoms with Gasteiger partial charge in [-0.2, -0.15) is 0 Å². The van der Waals surface area contributed by atoms with Crippen molar-refractivity contribution in [1.29, 1.82) is 0 Å². The number of nitrogens with one attached hydrogen (secondary N) is 1. The number of fused-ring (bicyclic) bond motifs is 1. The van der Waals surface area contributed by atoms with E-state index in [-0.39, 0.29) is 11.6 Å². The third kappa shape index (κ3) is 2.59. The van der Waals surface area contributed by atoms with Crippen molar-refractivity contribution in [2.45, 2.75) is 26.9 Å². The molecular weight excluding hydrogens is 280 g/mol. The Hall–Kier alpha value is -2.63. The topological polar surface area (TPSA) is 72.7 Å². The first-order valence-electron chi connectivity index (χ1n) is 7.28.